The number of phenolic OH excluding ortho intramolecular Hbond substituents is 1. The highest BCUT2D eigenvalue weighted by Gasteiger charge is 2.34. The predicted molar refractivity (Wildman–Crippen MR) is 199 cm³/mol. The molecule has 0 aliphatic heterocycles. The van der Waals surface area contributed by atoms with E-state index in [2.05, 4.69) is 38.1 Å². The third-order valence-corrected chi connectivity index (χ3v) is 10.6. The van der Waals surface area contributed by atoms with Gasteiger partial charge in [0.1, 0.15) is 10.6 Å². The molecule has 0 aromatic heterocycles. The summed E-state index contributed by atoms with van der Waals surface area (Å²) in [5.41, 5.74) is 6.10. The van der Waals surface area contributed by atoms with Crippen LogP contribution in [0.1, 0.15) is 83.7 Å². The molecular formula is C44H42O4S. The minimum Gasteiger partial charge on any atom is -0.507 e. The summed E-state index contributed by atoms with van der Waals surface area (Å²) in [4.78, 5) is -0.205. The SMILES string of the molecule is CC(CC(c1ccccc1)c1cc(S(=O)(=O)O)c(-c2ccccc2)c(C(CC(C)c2ccccc2)c2ccccc2)c1O)c1ccccc1. The second-order valence-corrected chi connectivity index (χ2v) is 14.4. The first-order valence-corrected chi connectivity index (χ1v) is 18.3. The number of benzene rings is 6. The highest BCUT2D eigenvalue weighted by Crippen LogP contribution is 2.51. The number of phenols is 1. The minimum atomic E-state index is -4.75. The fourth-order valence-corrected chi connectivity index (χ4v) is 7.94. The Balaban J connectivity index is 1.66. The zero-order valence-corrected chi connectivity index (χ0v) is 28.7. The van der Waals surface area contributed by atoms with E-state index < -0.39 is 16.0 Å². The van der Waals surface area contributed by atoms with Gasteiger partial charge < -0.3 is 5.11 Å². The molecule has 4 nitrogen and oxygen atoms in total. The monoisotopic (exact) mass is 666 g/mol. The standard InChI is InChI=1S/C44H42O4S/c1-31(33-18-8-3-9-19-33)28-38(35-22-12-5-13-23-35)40-30-41(49(46,47)48)42(37-26-16-7-17-27-37)43(44(40)45)39(36-24-14-6-15-25-36)29-32(2)34-20-10-4-11-21-34/h3-27,30-32,38-39,45H,28-29H2,1-2H3,(H,46,47,48). The number of aromatic hydroxyl groups is 1. The molecule has 6 aromatic carbocycles. The Bertz CT molecular complexity index is 2070. The lowest BCUT2D eigenvalue weighted by molar-refractivity contribution is 0.444. The summed E-state index contributed by atoms with van der Waals surface area (Å²) in [5, 5.41) is 12.8. The van der Waals surface area contributed by atoms with Gasteiger partial charge in [-0.15, -0.1) is 0 Å². The van der Waals surface area contributed by atoms with E-state index in [1.54, 1.807) is 0 Å². The van der Waals surface area contributed by atoms with Gasteiger partial charge in [-0.1, -0.05) is 166 Å². The van der Waals surface area contributed by atoms with Gasteiger partial charge in [0, 0.05) is 28.5 Å². The van der Waals surface area contributed by atoms with Crippen LogP contribution in [0.5, 0.6) is 5.75 Å². The molecule has 0 spiro atoms. The fourth-order valence-electron chi connectivity index (χ4n) is 7.18. The smallest absolute Gasteiger partial charge is 0.295 e. The van der Waals surface area contributed by atoms with Crippen molar-refractivity contribution < 1.29 is 18.1 Å². The van der Waals surface area contributed by atoms with Crippen LogP contribution in [0, 0.1) is 0 Å². The minimum absolute atomic E-state index is 0.0504. The van der Waals surface area contributed by atoms with Crippen molar-refractivity contribution in [2.24, 2.45) is 0 Å². The molecule has 248 valence electrons. The Morgan fingerprint density at radius 1 is 0.531 bits per heavy atom. The van der Waals surface area contributed by atoms with Crippen LogP contribution in [-0.2, 0) is 10.1 Å². The molecule has 0 heterocycles. The maximum Gasteiger partial charge on any atom is 0.295 e. The van der Waals surface area contributed by atoms with Crippen LogP contribution in [0.4, 0.5) is 0 Å². The lowest BCUT2D eigenvalue weighted by atomic mass is 9.75. The maximum absolute atomic E-state index is 13.5. The Kier molecular flexibility index (Phi) is 10.4. The molecule has 6 aromatic rings. The van der Waals surface area contributed by atoms with Crippen LogP contribution in [0.2, 0.25) is 0 Å². The molecule has 2 N–H and O–H groups in total. The molecule has 0 saturated carbocycles. The van der Waals surface area contributed by atoms with E-state index in [1.165, 1.54) is 6.07 Å². The molecule has 0 saturated heterocycles. The lowest BCUT2D eigenvalue weighted by Crippen LogP contribution is -2.15. The largest absolute Gasteiger partial charge is 0.507 e. The van der Waals surface area contributed by atoms with E-state index in [1.807, 2.05) is 127 Å². The molecule has 0 aliphatic carbocycles. The van der Waals surface area contributed by atoms with Crippen molar-refractivity contribution in [1.82, 2.24) is 0 Å². The summed E-state index contributed by atoms with van der Waals surface area (Å²) in [6.07, 6.45) is 1.19. The number of hydrogen-bond donors (Lipinski definition) is 2. The fraction of sp³-hybridized carbons (Fsp3) is 0.182. The van der Waals surface area contributed by atoms with E-state index in [-0.39, 0.29) is 28.4 Å². The Morgan fingerprint density at radius 3 is 1.33 bits per heavy atom. The second kappa shape index (κ2) is 15.1. The highest BCUT2D eigenvalue weighted by atomic mass is 32.2. The van der Waals surface area contributed by atoms with Gasteiger partial charge in [-0.3, -0.25) is 4.55 Å². The molecule has 49 heavy (non-hydrogen) atoms. The van der Waals surface area contributed by atoms with Crippen molar-refractivity contribution >= 4 is 10.1 Å². The van der Waals surface area contributed by atoms with Gasteiger partial charge in [-0.05, 0) is 58.6 Å². The average molecular weight is 667 g/mol. The molecule has 0 radical (unpaired) electrons. The zero-order chi connectivity index (χ0) is 34.4. The summed E-state index contributed by atoms with van der Waals surface area (Å²) in [7, 11) is -4.75. The quantitative estimate of drug-likeness (QED) is 0.127. The molecule has 5 heteroatoms. The Morgan fingerprint density at radius 2 is 0.898 bits per heavy atom. The lowest BCUT2D eigenvalue weighted by Gasteiger charge is -2.30. The summed E-state index contributed by atoms with van der Waals surface area (Å²) in [5.74, 6) is -0.580. The van der Waals surface area contributed by atoms with Gasteiger partial charge in [-0.2, -0.15) is 8.42 Å². The normalized spacial score (nSPS) is 14.1. The van der Waals surface area contributed by atoms with Crippen molar-refractivity contribution in [3.05, 3.63) is 191 Å². The average Bonchev–Trinajstić information content (AvgIpc) is 3.14. The highest BCUT2D eigenvalue weighted by molar-refractivity contribution is 7.86. The Labute approximate surface area is 290 Å². The molecule has 6 rings (SSSR count). The maximum atomic E-state index is 13.5. The van der Waals surface area contributed by atoms with E-state index in [4.69, 9.17) is 0 Å². The topological polar surface area (TPSA) is 74.6 Å². The van der Waals surface area contributed by atoms with Crippen molar-refractivity contribution in [1.29, 1.82) is 0 Å². The van der Waals surface area contributed by atoms with Gasteiger partial charge in [0.2, 0.25) is 0 Å². The summed E-state index contributed by atoms with van der Waals surface area (Å²) in [6.45, 7) is 4.31. The Hall–Kier alpha value is -4.97. The molecular weight excluding hydrogens is 625 g/mol. The molecule has 0 aliphatic rings. The van der Waals surface area contributed by atoms with E-state index >= 15 is 0 Å². The summed E-state index contributed by atoms with van der Waals surface area (Å²) >= 11 is 0. The van der Waals surface area contributed by atoms with Crippen LogP contribution in [0.25, 0.3) is 11.1 Å². The van der Waals surface area contributed by atoms with Gasteiger partial charge in [0.25, 0.3) is 10.1 Å². The summed E-state index contributed by atoms with van der Waals surface area (Å²) < 4.78 is 38.0. The first-order chi connectivity index (χ1) is 23.7. The number of rotatable bonds is 12. The third kappa shape index (κ3) is 7.69. The molecule has 0 bridgehead atoms. The van der Waals surface area contributed by atoms with Gasteiger partial charge in [0.15, 0.2) is 0 Å². The number of hydrogen-bond acceptors (Lipinski definition) is 3. The van der Waals surface area contributed by atoms with Crippen molar-refractivity contribution in [2.45, 2.75) is 55.3 Å². The summed E-state index contributed by atoms with van der Waals surface area (Å²) in [6, 6.07) is 51.0. The van der Waals surface area contributed by atoms with Crippen LogP contribution in [-0.4, -0.2) is 18.1 Å². The first kappa shape index (κ1) is 33.9. The van der Waals surface area contributed by atoms with E-state index in [0.717, 1.165) is 22.3 Å². The zero-order valence-electron chi connectivity index (χ0n) is 27.9. The van der Waals surface area contributed by atoms with Gasteiger partial charge in [-0.25, -0.2) is 0 Å². The van der Waals surface area contributed by atoms with Gasteiger partial charge >= 0.3 is 0 Å². The first-order valence-electron chi connectivity index (χ1n) is 16.8. The second-order valence-electron chi connectivity index (χ2n) is 13.0. The molecule has 4 unspecified atom stereocenters. The van der Waals surface area contributed by atoms with Crippen LogP contribution in [0.15, 0.2) is 163 Å². The molecule has 0 amide bonds. The van der Waals surface area contributed by atoms with Gasteiger partial charge in [0.05, 0.1) is 0 Å². The van der Waals surface area contributed by atoms with Crippen molar-refractivity contribution in [3.8, 4) is 16.9 Å². The van der Waals surface area contributed by atoms with Crippen molar-refractivity contribution in [3.63, 3.8) is 0 Å². The molecule has 4 atom stereocenters. The third-order valence-electron chi connectivity index (χ3n) is 9.71. The van der Waals surface area contributed by atoms with Crippen molar-refractivity contribution in [2.75, 3.05) is 0 Å². The van der Waals surface area contributed by atoms with Crippen LogP contribution < -0.4 is 0 Å². The van der Waals surface area contributed by atoms with E-state index in [0.29, 0.717) is 35.1 Å². The predicted octanol–water partition coefficient (Wildman–Crippen LogP) is 11.0. The van der Waals surface area contributed by atoms with Crippen LogP contribution in [0.3, 0.4) is 0 Å². The molecule has 0 fully saturated rings. The van der Waals surface area contributed by atoms with E-state index in [9.17, 15) is 18.1 Å². The van der Waals surface area contributed by atoms with Crippen LogP contribution >= 0.6 is 0 Å².